The number of carbonyl (C=O) groups excluding carboxylic acids is 1. The van der Waals surface area contributed by atoms with Crippen LogP contribution in [0.1, 0.15) is 12.8 Å². The van der Waals surface area contributed by atoms with Gasteiger partial charge in [-0.1, -0.05) is 12.1 Å². The van der Waals surface area contributed by atoms with Crippen LogP contribution in [0.5, 0.6) is 5.75 Å². The van der Waals surface area contributed by atoms with Crippen LogP contribution in [0.3, 0.4) is 0 Å². The predicted octanol–water partition coefficient (Wildman–Crippen LogP) is 4.72. The van der Waals surface area contributed by atoms with Crippen molar-refractivity contribution in [2.24, 2.45) is 0 Å². The lowest BCUT2D eigenvalue weighted by atomic mass is 10.2. The third-order valence-corrected chi connectivity index (χ3v) is 5.64. The molecule has 0 radical (unpaired) electrons. The molecule has 0 unspecified atom stereocenters. The molecule has 0 bridgehead atoms. The summed E-state index contributed by atoms with van der Waals surface area (Å²) in [7, 11) is 1.62. The van der Waals surface area contributed by atoms with Gasteiger partial charge in [0.1, 0.15) is 12.4 Å². The zero-order chi connectivity index (χ0) is 25.9. The average molecular weight is 507 g/mol. The highest BCUT2D eigenvalue weighted by atomic mass is 19.1. The summed E-state index contributed by atoms with van der Waals surface area (Å²) in [6.45, 7) is 3.88. The van der Waals surface area contributed by atoms with Crippen LogP contribution < -0.4 is 20.7 Å². The number of carbonyl (C=O) groups is 1. The summed E-state index contributed by atoms with van der Waals surface area (Å²) in [6, 6.07) is 14.2. The molecule has 3 N–H and O–H groups in total. The molecule has 194 valence electrons. The van der Waals surface area contributed by atoms with E-state index in [2.05, 4.69) is 30.8 Å². The quantitative estimate of drug-likeness (QED) is 0.240. The molecule has 4 rings (SSSR count). The smallest absolute Gasteiger partial charge is 0.248 e. The number of nitrogens with one attached hydrogen (secondary N) is 3. The maximum atomic E-state index is 14.4. The molecule has 0 spiro atoms. The Labute approximate surface area is 215 Å². The first kappa shape index (κ1) is 26.1. The van der Waals surface area contributed by atoms with Crippen molar-refractivity contribution in [3.8, 4) is 5.75 Å². The lowest BCUT2D eigenvalue weighted by Gasteiger charge is -2.12. The van der Waals surface area contributed by atoms with Gasteiger partial charge < -0.3 is 25.4 Å². The highest BCUT2D eigenvalue weighted by molar-refractivity contribution is 5.99. The van der Waals surface area contributed by atoms with E-state index in [0.717, 1.165) is 31.5 Å². The van der Waals surface area contributed by atoms with Crippen LogP contribution >= 0.6 is 0 Å². The molecule has 2 heterocycles. The fourth-order valence-corrected chi connectivity index (χ4v) is 3.79. The molecule has 37 heavy (non-hydrogen) atoms. The number of rotatable bonds is 12. The summed E-state index contributed by atoms with van der Waals surface area (Å²) in [5, 5.41) is 8.84. The SMILES string of the molecule is COCCOc1ccc(Nc2ncc(F)c(Nc3cccc(NC(=O)/C=C/CN4CCCC4)c3)n2)cc1. The number of aromatic nitrogens is 2. The van der Waals surface area contributed by atoms with Gasteiger partial charge in [0.15, 0.2) is 11.6 Å². The standard InChI is InChI=1S/C27H31FN6O3/c1-36-16-17-37-23-11-9-20(10-12-23)32-27-29-19-24(28)26(33-27)31-22-7-4-6-21(18-22)30-25(35)8-5-15-34-13-2-3-14-34/h4-12,18-19H,2-3,13-17H2,1H3,(H,30,35)(H2,29,31,32,33)/b8-5+. The maximum Gasteiger partial charge on any atom is 0.248 e. The molecule has 1 aliphatic heterocycles. The number of halogens is 1. The van der Waals surface area contributed by atoms with Gasteiger partial charge in [-0.2, -0.15) is 4.98 Å². The van der Waals surface area contributed by atoms with Gasteiger partial charge in [0.2, 0.25) is 11.9 Å². The van der Waals surface area contributed by atoms with Gasteiger partial charge in [-0.3, -0.25) is 9.69 Å². The van der Waals surface area contributed by atoms with Crippen LogP contribution in [0.25, 0.3) is 0 Å². The predicted molar refractivity (Wildman–Crippen MR) is 142 cm³/mol. The highest BCUT2D eigenvalue weighted by Gasteiger charge is 2.10. The van der Waals surface area contributed by atoms with Crippen molar-refractivity contribution in [2.45, 2.75) is 12.8 Å². The molecule has 1 saturated heterocycles. The van der Waals surface area contributed by atoms with Crippen LogP contribution in [-0.4, -0.2) is 60.7 Å². The minimum atomic E-state index is -0.605. The van der Waals surface area contributed by atoms with Crippen molar-refractivity contribution in [2.75, 3.05) is 55.9 Å². The van der Waals surface area contributed by atoms with Gasteiger partial charge in [0.25, 0.3) is 0 Å². The Hall–Kier alpha value is -4.02. The molecular formula is C27H31FN6O3. The number of amides is 1. The van der Waals surface area contributed by atoms with E-state index in [1.165, 1.54) is 12.8 Å². The van der Waals surface area contributed by atoms with E-state index in [0.29, 0.717) is 30.3 Å². The summed E-state index contributed by atoms with van der Waals surface area (Å²) < 4.78 is 25.0. The Bertz CT molecular complexity index is 1200. The molecule has 2 aromatic carbocycles. The van der Waals surface area contributed by atoms with Crippen molar-refractivity contribution in [1.82, 2.24) is 14.9 Å². The molecule has 10 heteroatoms. The molecule has 1 fully saturated rings. The Balaban J connectivity index is 1.34. The summed E-state index contributed by atoms with van der Waals surface area (Å²) in [4.78, 5) is 22.9. The van der Waals surface area contributed by atoms with Crippen LogP contribution in [0.2, 0.25) is 0 Å². The number of hydrogen-bond acceptors (Lipinski definition) is 8. The second kappa shape index (κ2) is 13.3. The van der Waals surface area contributed by atoms with E-state index in [9.17, 15) is 9.18 Å². The van der Waals surface area contributed by atoms with Crippen LogP contribution in [0.15, 0.2) is 66.9 Å². The summed E-state index contributed by atoms with van der Waals surface area (Å²) in [5.41, 5.74) is 1.88. The molecule has 1 amide bonds. The third-order valence-electron chi connectivity index (χ3n) is 5.64. The van der Waals surface area contributed by atoms with E-state index < -0.39 is 5.82 Å². The Morgan fingerprint density at radius 1 is 1.05 bits per heavy atom. The molecule has 0 atom stereocenters. The Kier molecular flexibility index (Phi) is 9.39. The normalized spacial score (nSPS) is 13.6. The van der Waals surface area contributed by atoms with Crippen LogP contribution in [0.4, 0.5) is 33.2 Å². The molecule has 0 aliphatic carbocycles. The number of nitrogens with zero attached hydrogens (tertiary/aromatic N) is 3. The first-order valence-corrected chi connectivity index (χ1v) is 12.2. The number of anilines is 5. The van der Waals surface area contributed by atoms with Crippen molar-refractivity contribution >= 4 is 34.7 Å². The van der Waals surface area contributed by atoms with Crippen molar-refractivity contribution in [3.05, 3.63) is 72.7 Å². The number of methoxy groups -OCH3 is 1. The monoisotopic (exact) mass is 506 g/mol. The summed E-state index contributed by atoms with van der Waals surface area (Å²) in [6.07, 6.45) is 6.93. The second-order valence-corrected chi connectivity index (χ2v) is 8.49. The van der Waals surface area contributed by atoms with E-state index in [1.54, 1.807) is 37.5 Å². The van der Waals surface area contributed by atoms with Gasteiger partial charge >= 0.3 is 0 Å². The van der Waals surface area contributed by atoms with Crippen molar-refractivity contribution in [1.29, 1.82) is 0 Å². The van der Waals surface area contributed by atoms with Crippen molar-refractivity contribution in [3.63, 3.8) is 0 Å². The highest BCUT2D eigenvalue weighted by Crippen LogP contribution is 2.23. The molecule has 9 nitrogen and oxygen atoms in total. The largest absolute Gasteiger partial charge is 0.491 e. The summed E-state index contributed by atoms with van der Waals surface area (Å²) in [5.74, 6) is 0.118. The maximum absolute atomic E-state index is 14.4. The fourth-order valence-electron chi connectivity index (χ4n) is 3.79. The van der Waals surface area contributed by atoms with Gasteiger partial charge in [0.05, 0.1) is 12.8 Å². The Morgan fingerprint density at radius 2 is 1.84 bits per heavy atom. The number of likely N-dealkylation sites (tertiary alicyclic amines) is 1. The van der Waals surface area contributed by atoms with Crippen molar-refractivity contribution < 1.29 is 18.7 Å². The van der Waals surface area contributed by atoms with Crippen LogP contribution in [-0.2, 0) is 9.53 Å². The molecule has 1 aliphatic rings. The minimum absolute atomic E-state index is 0.00556. The van der Waals surface area contributed by atoms with E-state index in [1.807, 2.05) is 30.3 Å². The van der Waals surface area contributed by atoms with E-state index in [-0.39, 0.29) is 17.7 Å². The number of ether oxygens (including phenoxy) is 2. The molecule has 0 saturated carbocycles. The zero-order valence-electron chi connectivity index (χ0n) is 20.7. The molecular weight excluding hydrogens is 475 g/mol. The number of benzene rings is 2. The lowest BCUT2D eigenvalue weighted by Crippen LogP contribution is -2.19. The number of hydrogen-bond donors (Lipinski definition) is 3. The fraction of sp³-hybridized carbons (Fsp3) is 0.296. The van der Waals surface area contributed by atoms with Gasteiger partial charge in [-0.25, -0.2) is 9.37 Å². The average Bonchev–Trinajstić information content (AvgIpc) is 3.41. The van der Waals surface area contributed by atoms with E-state index in [4.69, 9.17) is 9.47 Å². The third kappa shape index (κ3) is 8.26. The van der Waals surface area contributed by atoms with Gasteiger partial charge in [0, 0.05) is 36.8 Å². The van der Waals surface area contributed by atoms with Gasteiger partial charge in [-0.15, -0.1) is 0 Å². The minimum Gasteiger partial charge on any atom is -0.491 e. The molecule has 3 aromatic rings. The lowest BCUT2D eigenvalue weighted by molar-refractivity contribution is -0.111. The molecule has 1 aromatic heterocycles. The zero-order valence-corrected chi connectivity index (χ0v) is 20.7. The second-order valence-electron chi connectivity index (χ2n) is 8.49. The first-order valence-electron chi connectivity index (χ1n) is 12.2. The van der Waals surface area contributed by atoms with Crippen LogP contribution in [0, 0.1) is 5.82 Å². The van der Waals surface area contributed by atoms with E-state index >= 15 is 0 Å². The Morgan fingerprint density at radius 3 is 2.62 bits per heavy atom. The van der Waals surface area contributed by atoms with Gasteiger partial charge in [-0.05, 0) is 68.4 Å². The summed E-state index contributed by atoms with van der Waals surface area (Å²) >= 11 is 0. The first-order chi connectivity index (χ1) is 18.1. The topological polar surface area (TPSA) is 101 Å².